The first-order valence-corrected chi connectivity index (χ1v) is 7.36. The summed E-state index contributed by atoms with van der Waals surface area (Å²) >= 11 is 0. The van der Waals surface area contributed by atoms with E-state index in [9.17, 15) is 13.2 Å². The smallest absolute Gasteiger partial charge is 0.337 e. The number of rotatable bonds is 4. The third kappa shape index (κ3) is 3.29. The van der Waals surface area contributed by atoms with Crippen LogP contribution in [0.1, 0.15) is 16.1 Å². The van der Waals surface area contributed by atoms with Crippen LogP contribution >= 0.6 is 0 Å². The summed E-state index contributed by atoms with van der Waals surface area (Å²) in [4.78, 5) is 14.8. The zero-order chi connectivity index (χ0) is 15.6. The van der Waals surface area contributed by atoms with Crippen LogP contribution in [0.5, 0.6) is 0 Å². The lowest BCUT2D eigenvalue weighted by Gasteiger charge is -2.11. The molecule has 1 aromatic carbocycles. The van der Waals surface area contributed by atoms with Crippen molar-refractivity contribution in [3.8, 4) is 0 Å². The molecule has 0 atom stereocenters. The predicted octanol–water partition coefficient (Wildman–Crippen LogP) is 1.47. The number of nitrogen functional groups attached to an aromatic ring is 1. The van der Waals surface area contributed by atoms with Gasteiger partial charge in [-0.1, -0.05) is 0 Å². The Morgan fingerprint density at radius 2 is 2.00 bits per heavy atom. The number of carboxylic acid groups (broad SMARTS) is 1. The average molecular weight is 307 g/mol. The van der Waals surface area contributed by atoms with Crippen molar-refractivity contribution >= 4 is 27.4 Å². The van der Waals surface area contributed by atoms with E-state index in [-0.39, 0.29) is 16.1 Å². The first-order chi connectivity index (χ1) is 9.79. The van der Waals surface area contributed by atoms with Crippen LogP contribution in [0.3, 0.4) is 0 Å². The lowest BCUT2D eigenvalue weighted by molar-refractivity contribution is 0.0692. The van der Waals surface area contributed by atoms with Crippen molar-refractivity contribution in [3.63, 3.8) is 0 Å². The molecule has 0 aliphatic heterocycles. The first kappa shape index (κ1) is 14.8. The maximum Gasteiger partial charge on any atom is 0.337 e. The quantitative estimate of drug-likeness (QED) is 0.735. The Morgan fingerprint density at radius 3 is 2.62 bits per heavy atom. The molecule has 0 unspecified atom stereocenters. The molecule has 2 rings (SSSR count). The molecule has 0 saturated heterocycles. The van der Waals surface area contributed by atoms with Gasteiger partial charge in [0.05, 0.1) is 11.3 Å². The molecule has 0 aliphatic carbocycles. The molecule has 1 aromatic heterocycles. The molecule has 0 saturated carbocycles. The van der Waals surface area contributed by atoms with Crippen LogP contribution in [-0.2, 0) is 10.0 Å². The molecule has 1 heterocycles. The van der Waals surface area contributed by atoms with Crippen molar-refractivity contribution in [1.82, 2.24) is 4.98 Å². The normalized spacial score (nSPS) is 11.1. The van der Waals surface area contributed by atoms with Crippen molar-refractivity contribution in [1.29, 1.82) is 0 Å². The van der Waals surface area contributed by atoms with Crippen molar-refractivity contribution in [2.75, 3.05) is 10.5 Å². The fourth-order valence-electron chi connectivity index (χ4n) is 1.77. The summed E-state index contributed by atoms with van der Waals surface area (Å²) in [5.41, 5.74) is 6.22. The monoisotopic (exact) mass is 307 g/mol. The SMILES string of the molecule is Cc1cc(NS(=O)(=O)c2ccc(N)cc2C(=O)O)ccn1. The fraction of sp³-hybridized carbons (Fsp3) is 0.0769. The minimum Gasteiger partial charge on any atom is -0.478 e. The van der Waals surface area contributed by atoms with Gasteiger partial charge in [0.1, 0.15) is 4.90 Å². The van der Waals surface area contributed by atoms with Crippen LogP contribution in [0.4, 0.5) is 11.4 Å². The summed E-state index contributed by atoms with van der Waals surface area (Å²) in [6.45, 7) is 1.71. The van der Waals surface area contributed by atoms with E-state index >= 15 is 0 Å². The number of aryl methyl sites for hydroxylation is 1. The summed E-state index contributed by atoms with van der Waals surface area (Å²) in [6.07, 6.45) is 1.45. The molecule has 2 aromatic rings. The molecule has 0 amide bonds. The molecule has 0 spiro atoms. The zero-order valence-electron chi connectivity index (χ0n) is 11.1. The minimum absolute atomic E-state index is 0.172. The standard InChI is InChI=1S/C13H13N3O4S/c1-8-6-10(4-5-15-8)16-21(19,20)12-3-2-9(14)7-11(12)13(17)18/h2-7H,14H2,1H3,(H,15,16)(H,17,18). The van der Waals surface area contributed by atoms with Gasteiger partial charge in [0, 0.05) is 17.6 Å². The van der Waals surface area contributed by atoms with Gasteiger partial charge < -0.3 is 10.8 Å². The number of anilines is 2. The first-order valence-electron chi connectivity index (χ1n) is 5.88. The molecular weight excluding hydrogens is 294 g/mol. The van der Waals surface area contributed by atoms with Gasteiger partial charge in [-0.15, -0.1) is 0 Å². The van der Waals surface area contributed by atoms with Crippen molar-refractivity contribution in [3.05, 3.63) is 47.8 Å². The van der Waals surface area contributed by atoms with Crippen LogP contribution in [0, 0.1) is 6.92 Å². The molecule has 0 bridgehead atoms. The van der Waals surface area contributed by atoms with Gasteiger partial charge >= 0.3 is 5.97 Å². The van der Waals surface area contributed by atoms with E-state index < -0.39 is 16.0 Å². The van der Waals surface area contributed by atoms with E-state index in [0.29, 0.717) is 11.4 Å². The van der Waals surface area contributed by atoms with Gasteiger partial charge in [0.2, 0.25) is 0 Å². The van der Waals surface area contributed by atoms with Gasteiger partial charge in [-0.25, -0.2) is 13.2 Å². The van der Waals surface area contributed by atoms with E-state index in [1.165, 1.54) is 24.4 Å². The number of pyridine rings is 1. The van der Waals surface area contributed by atoms with Crippen molar-refractivity contribution in [2.24, 2.45) is 0 Å². The summed E-state index contributed by atoms with van der Waals surface area (Å²) in [7, 11) is -4.04. The molecule has 0 radical (unpaired) electrons. The maximum absolute atomic E-state index is 12.3. The number of carbonyl (C=O) groups is 1. The molecule has 21 heavy (non-hydrogen) atoms. The molecular formula is C13H13N3O4S. The number of nitrogens with zero attached hydrogens (tertiary/aromatic N) is 1. The van der Waals surface area contributed by atoms with E-state index in [1.54, 1.807) is 6.92 Å². The lowest BCUT2D eigenvalue weighted by Crippen LogP contribution is -2.17. The van der Waals surface area contributed by atoms with Crippen LogP contribution < -0.4 is 10.5 Å². The highest BCUT2D eigenvalue weighted by molar-refractivity contribution is 7.92. The number of aromatic carboxylic acids is 1. The van der Waals surface area contributed by atoms with E-state index in [4.69, 9.17) is 10.8 Å². The Kier molecular flexibility index (Phi) is 3.81. The summed E-state index contributed by atoms with van der Waals surface area (Å²) in [5.74, 6) is -1.37. The number of aromatic nitrogens is 1. The van der Waals surface area contributed by atoms with Crippen molar-refractivity contribution in [2.45, 2.75) is 11.8 Å². The van der Waals surface area contributed by atoms with Gasteiger partial charge in [-0.05, 0) is 37.3 Å². The number of sulfonamides is 1. The fourth-order valence-corrected chi connectivity index (χ4v) is 3.00. The molecule has 4 N–H and O–H groups in total. The maximum atomic E-state index is 12.3. The molecule has 7 nitrogen and oxygen atoms in total. The van der Waals surface area contributed by atoms with E-state index in [2.05, 4.69) is 9.71 Å². The van der Waals surface area contributed by atoms with Crippen LogP contribution in [0.2, 0.25) is 0 Å². The third-order valence-electron chi connectivity index (χ3n) is 2.67. The van der Waals surface area contributed by atoms with Gasteiger partial charge in [-0.3, -0.25) is 9.71 Å². The zero-order valence-corrected chi connectivity index (χ0v) is 11.9. The summed E-state index contributed by atoms with van der Waals surface area (Å²) in [5, 5.41) is 9.11. The molecule has 8 heteroatoms. The Labute approximate surface area is 121 Å². The highest BCUT2D eigenvalue weighted by Crippen LogP contribution is 2.22. The number of carboxylic acids is 1. The summed E-state index contributed by atoms with van der Waals surface area (Å²) in [6, 6.07) is 6.61. The van der Waals surface area contributed by atoms with Gasteiger partial charge in [-0.2, -0.15) is 0 Å². The van der Waals surface area contributed by atoms with Crippen LogP contribution in [0.25, 0.3) is 0 Å². The second kappa shape index (κ2) is 5.41. The third-order valence-corrected chi connectivity index (χ3v) is 4.11. The van der Waals surface area contributed by atoms with Gasteiger partial charge in [0.15, 0.2) is 0 Å². The Balaban J connectivity index is 2.47. The number of nitrogens with two attached hydrogens (primary N) is 1. The highest BCUT2D eigenvalue weighted by atomic mass is 32.2. The number of benzene rings is 1. The van der Waals surface area contributed by atoms with Crippen LogP contribution in [0.15, 0.2) is 41.4 Å². The Morgan fingerprint density at radius 1 is 1.29 bits per heavy atom. The topological polar surface area (TPSA) is 122 Å². The van der Waals surface area contributed by atoms with Gasteiger partial charge in [0.25, 0.3) is 10.0 Å². The lowest BCUT2D eigenvalue weighted by atomic mass is 10.2. The Hall–Kier alpha value is -2.61. The number of nitrogens with one attached hydrogen (secondary N) is 1. The number of hydrogen-bond acceptors (Lipinski definition) is 5. The summed E-state index contributed by atoms with van der Waals surface area (Å²) < 4.78 is 26.9. The largest absolute Gasteiger partial charge is 0.478 e. The number of hydrogen-bond donors (Lipinski definition) is 3. The van der Waals surface area contributed by atoms with Crippen LogP contribution in [-0.4, -0.2) is 24.5 Å². The second-order valence-corrected chi connectivity index (χ2v) is 6.00. The predicted molar refractivity (Wildman–Crippen MR) is 77.6 cm³/mol. The average Bonchev–Trinajstić information content (AvgIpc) is 2.37. The molecule has 0 fully saturated rings. The second-order valence-electron chi connectivity index (χ2n) is 4.35. The highest BCUT2D eigenvalue weighted by Gasteiger charge is 2.22. The molecule has 0 aliphatic rings. The van der Waals surface area contributed by atoms with Crippen molar-refractivity contribution < 1.29 is 18.3 Å². The molecule has 110 valence electrons. The Bertz CT molecular complexity index is 803. The minimum atomic E-state index is -4.04. The van der Waals surface area contributed by atoms with E-state index in [0.717, 1.165) is 12.1 Å². The van der Waals surface area contributed by atoms with E-state index in [1.807, 2.05) is 0 Å².